The molecule has 0 radical (unpaired) electrons. The summed E-state index contributed by atoms with van der Waals surface area (Å²) in [5.74, 6) is 1.94. The maximum Gasteiger partial charge on any atom is 0.228 e. The lowest BCUT2D eigenvalue weighted by molar-refractivity contribution is 0.120. The summed E-state index contributed by atoms with van der Waals surface area (Å²) in [6.45, 7) is 8.55. The lowest BCUT2D eigenvalue weighted by Crippen LogP contribution is -2.71. The van der Waals surface area contributed by atoms with Crippen LogP contribution in [0.1, 0.15) is 19.9 Å². The van der Waals surface area contributed by atoms with E-state index in [4.69, 9.17) is 9.72 Å². The minimum Gasteiger partial charge on any atom is -0.494 e. The third-order valence-electron chi connectivity index (χ3n) is 6.54. The number of nitrogens with zero attached hydrogens (tertiary/aromatic N) is 6. The molecule has 0 unspecified atom stereocenters. The minimum atomic E-state index is 0.284. The number of imidazole rings is 1. The lowest BCUT2D eigenvalue weighted by atomic mass is 9.74. The second kappa shape index (κ2) is 7.03. The molecule has 2 aliphatic heterocycles. The van der Waals surface area contributed by atoms with E-state index in [-0.39, 0.29) is 6.04 Å². The van der Waals surface area contributed by atoms with E-state index < -0.39 is 0 Å². The SMILES string of the molecule is COc1cc(Nc2ncc3ccc4ncn(C(C)C)c4c3n2)ncc1N1CC2(CNC2)C1. The van der Waals surface area contributed by atoms with Gasteiger partial charge in [-0.2, -0.15) is 0 Å². The van der Waals surface area contributed by atoms with Gasteiger partial charge in [0.25, 0.3) is 0 Å². The first-order chi connectivity index (χ1) is 15.5. The first-order valence-corrected chi connectivity index (χ1v) is 10.9. The molecule has 0 atom stereocenters. The molecule has 9 nitrogen and oxygen atoms in total. The molecule has 0 amide bonds. The van der Waals surface area contributed by atoms with Gasteiger partial charge in [-0.3, -0.25) is 0 Å². The van der Waals surface area contributed by atoms with E-state index in [1.165, 1.54) is 0 Å². The Kier molecular flexibility index (Phi) is 4.23. The second-order valence-electron chi connectivity index (χ2n) is 9.14. The summed E-state index contributed by atoms with van der Waals surface area (Å²) in [5, 5.41) is 7.59. The van der Waals surface area contributed by atoms with Crippen LogP contribution in [-0.2, 0) is 0 Å². The van der Waals surface area contributed by atoms with Gasteiger partial charge in [0, 0.05) is 55.3 Å². The highest BCUT2D eigenvalue weighted by molar-refractivity contribution is 6.02. The molecule has 5 heterocycles. The van der Waals surface area contributed by atoms with Gasteiger partial charge in [-0.05, 0) is 26.0 Å². The summed E-state index contributed by atoms with van der Waals surface area (Å²) < 4.78 is 7.81. The zero-order chi connectivity index (χ0) is 21.9. The van der Waals surface area contributed by atoms with Crippen LogP contribution in [-0.4, -0.2) is 57.8 Å². The van der Waals surface area contributed by atoms with Gasteiger partial charge in [-0.25, -0.2) is 19.9 Å². The monoisotopic (exact) mass is 430 g/mol. The number of aromatic nitrogens is 5. The Bertz CT molecular complexity index is 1320. The van der Waals surface area contributed by atoms with Crippen LogP contribution in [0.5, 0.6) is 5.75 Å². The zero-order valence-corrected chi connectivity index (χ0v) is 18.5. The maximum atomic E-state index is 5.67. The number of pyridine rings is 1. The molecule has 1 aromatic carbocycles. The van der Waals surface area contributed by atoms with Crippen molar-refractivity contribution in [3.63, 3.8) is 0 Å². The number of ether oxygens (including phenoxy) is 1. The molecule has 2 fully saturated rings. The van der Waals surface area contributed by atoms with Crippen molar-refractivity contribution in [3.05, 3.63) is 36.9 Å². The van der Waals surface area contributed by atoms with Crippen LogP contribution in [0.3, 0.4) is 0 Å². The van der Waals surface area contributed by atoms with Crippen molar-refractivity contribution in [2.75, 3.05) is 43.5 Å². The second-order valence-corrected chi connectivity index (χ2v) is 9.14. The predicted molar refractivity (Wildman–Crippen MR) is 125 cm³/mol. The molecule has 9 heteroatoms. The average molecular weight is 431 g/mol. The largest absolute Gasteiger partial charge is 0.494 e. The fourth-order valence-electron chi connectivity index (χ4n) is 4.71. The fraction of sp³-hybridized carbons (Fsp3) is 0.391. The quantitative estimate of drug-likeness (QED) is 0.499. The standard InChI is InChI=1S/C23H26N8O/c1-14(2)31-13-27-16-5-4-15-7-26-22(29-20(15)21(16)31)28-19-6-18(32-3)17(8-25-19)30-11-23(12-30)9-24-10-23/h4-8,13-14,24H,9-12H2,1-3H3,(H,25,26,28,29). The van der Waals surface area contributed by atoms with Crippen LogP contribution < -0.4 is 20.3 Å². The summed E-state index contributed by atoms with van der Waals surface area (Å²) in [5.41, 5.74) is 4.27. The highest BCUT2D eigenvalue weighted by Gasteiger charge is 2.48. The van der Waals surface area contributed by atoms with Crippen molar-refractivity contribution in [2.45, 2.75) is 19.9 Å². The number of rotatable bonds is 5. The van der Waals surface area contributed by atoms with Crippen molar-refractivity contribution in [1.29, 1.82) is 0 Å². The van der Waals surface area contributed by atoms with Crippen LogP contribution in [0.15, 0.2) is 36.9 Å². The Labute approximate surface area is 185 Å². The summed E-state index contributed by atoms with van der Waals surface area (Å²) in [4.78, 5) is 20.8. The van der Waals surface area contributed by atoms with E-state index in [1.807, 2.05) is 36.9 Å². The Balaban J connectivity index is 1.31. The van der Waals surface area contributed by atoms with Gasteiger partial charge in [0.1, 0.15) is 17.1 Å². The van der Waals surface area contributed by atoms with Gasteiger partial charge in [-0.15, -0.1) is 0 Å². The number of nitrogens with one attached hydrogen (secondary N) is 2. The number of benzene rings is 1. The topological polar surface area (TPSA) is 93.0 Å². The van der Waals surface area contributed by atoms with E-state index in [0.717, 1.165) is 59.6 Å². The van der Waals surface area contributed by atoms with Crippen LogP contribution in [0, 0.1) is 5.41 Å². The predicted octanol–water partition coefficient (Wildman–Crippen LogP) is 3.12. The van der Waals surface area contributed by atoms with Crippen LogP contribution >= 0.6 is 0 Å². The maximum absolute atomic E-state index is 5.67. The number of methoxy groups -OCH3 is 1. The van der Waals surface area contributed by atoms with E-state index in [0.29, 0.717) is 17.2 Å². The molecule has 2 aliphatic rings. The summed E-state index contributed by atoms with van der Waals surface area (Å²) in [7, 11) is 1.69. The average Bonchev–Trinajstić information content (AvgIpc) is 3.17. The first-order valence-electron chi connectivity index (χ1n) is 10.9. The normalized spacial score (nSPS) is 17.1. The molecular weight excluding hydrogens is 404 g/mol. The fourth-order valence-corrected chi connectivity index (χ4v) is 4.71. The zero-order valence-electron chi connectivity index (χ0n) is 18.5. The molecule has 2 N–H and O–H groups in total. The summed E-state index contributed by atoms with van der Waals surface area (Å²) in [6, 6.07) is 6.21. The Morgan fingerprint density at radius 2 is 1.97 bits per heavy atom. The third-order valence-corrected chi connectivity index (χ3v) is 6.54. The highest BCUT2D eigenvalue weighted by Crippen LogP contribution is 2.41. The van der Waals surface area contributed by atoms with Gasteiger partial charge in [0.05, 0.1) is 36.4 Å². The highest BCUT2D eigenvalue weighted by atomic mass is 16.5. The van der Waals surface area contributed by atoms with Crippen LogP contribution in [0.25, 0.3) is 21.9 Å². The molecule has 164 valence electrons. The van der Waals surface area contributed by atoms with Crippen molar-refractivity contribution < 1.29 is 4.74 Å². The first kappa shape index (κ1) is 19.2. The molecule has 0 saturated carbocycles. The van der Waals surface area contributed by atoms with E-state index >= 15 is 0 Å². The van der Waals surface area contributed by atoms with Gasteiger partial charge in [-0.1, -0.05) is 0 Å². The Morgan fingerprint density at radius 1 is 1.12 bits per heavy atom. The molecule has 4 aromatic rings. The van der Waals surface area contributed by atoms with Gasteiger partial charge < -0.3 is 24.8 Å². The number of anilines is 3. The van der Waals surface area contributed by atoms with E-state index in [2.05, 4.69) is 48.9 Å². The van der Waals surface area contributed by atoms with Gasteiger partial charge in [0.15, 0.2) is 0 Å². The molecular formula is C23H26N8O. The Morgan fingerprint density at radius 3 is 2.69 bits per heavy atom. The number of fused-ring (bicyclic) bond motifs is 3. The molecule has 1 spiro atoms. The van der Waals surface area contributed by atoms with Crippen molar-refractivity contribution >= 4 is 39.4 Å². The van der Waals surface area contributed by atoms with Crippen molar-refractivity contribution in [1.82, 2.24) is 29.8 Å². The minimum absolute atomic E-state index is 0.284. The number of hydrogen-bond acceptors (Lipinski definition) is 8. The van der Waals surface area contributed by atoms with Gasteiger partial charge >= 0.3 is 0 Å². The molecule has 6 rings (SSSR count). The Hall–Kier alpha value is -3.46. The smallest absolute Gasteiger partial charge is 0.228 e. The van der Waals surface area contributed by atoms with Crippen molar-refractivity contribution in [3.8, 4) is 5.75 Å². The van der Waals surface area contributed by atoms with Gasteiger partial charge in [0.2, 0.25) is 5.95 Å². The molecule has 3 aromatic heterocycles. The van der Waals surface area contributed by atoms with Crippen molar-refractivity contribution in [2.24, 2.45) is 5.41 Å². The van der Waals surface area contributed by atoms with E-state index in [9.17, 15) is 0 Å². The summed E-state index contributed by atoms with van der Waals surface area (Å²) in [6.07, 6.45) is 5.57. The van der Waals surface area contributed by atoms with Crippen LogP contribution in [0.2, 0.25) is 0 Å². The number of hydrogen-bond donors (Lipinski definition) is 2. The van der Waals surface area contributed by atoms with E-state index in [1.54, 1.807) is 7.11 Å². The summed E-state index contributed by atoms with van der Waals surface area (Å²) >= 11 is 0. The molecule has 2 saturated heterocycles. The third kappa shape index (κ3) is 2.96. The molecule has 0 aliphatic carbocycles. The molecule has 32 heavy (non-hydrogen) atoms. The van der Waals surface area contributed by atoms with Crippen LogP contribution in [0.4, 0.5) is 17.5 Å². The lowest BCUT2D eigenvalue weighted by Gasteiger charge is -2.57. The molecule has 0 bridgehead atoms.